The second-order valence-electron chi connectivity index (χ2n) is 5.87. The Labute approximate surface area is 158 Å². The monoisotopic (exact) mass is 433 g/mol. The fourth-order valence-corrected chi connectivity index (χ4v) is 1.99. The number of nitrogens with zero attached hydrogens (tertiary/aromatic N) is 1. The van der Waals surface area contributed by atoms with E-state index in [2.05, 4.69) is 67.6 Å². The van der Waals surface area contributed by atoms with Crippen molar-refractivity contribution in [2.24, 2.45) is 10.9 Å². The van der Waals surface area contributed by atoms with Crippen LogP contribution in [0.3, 0.4) is 0 Å². The van der Waals surface area contributed by atoms with Gasteiger partial charge >= 0.3 is 0 Å². The van der Waals surface area contributed by atoms with Gasteiger partial charge in [0, 0.05) is 26.3 Å². The Morgan fingerprint density at radius 3 is 2.61 bits per heavy atom. The van der Waals surface area contributed by atoms with Crippen molar-refractivity contribution in [2.45, 2.75) is 40.7 Å². The zero-order valence-electron chi connectivity index (χ0n) is 14.9. The van der Waals surface area contributed by atoms with Crippen LogP contribution in [0.2, 0.25) is 0 Å². The smallest absolute Gasteiger partial charge is 0.191 e. The van der Waals surface area contributed by atoms with Gasteiger partial charge in [0.15, 0.2) is 5.96 Å². The maximum absolute atomic E-state index is 5.58. The topological polar surface area (TPSA) is 45.7 Å². The van der Waals surface area contributed by atoms with Gasteiger partial charge in [-0.25, -0.2) is 4.99 Å². The molecule has 2 N–H and O–H groups in total. The summed E-state index contributed by atoms with van der Waals surface area (Å²) in [5.41, 5.74) is 2.55. The van der Waals surface area contributed by atoms with Crippen molar-refractivity contribution in [3.63, 3.8) is 0 Å². The SMILES string of the molecule is CCNC(=NCc1ccccc1C)NCCCOCC(C)C.I. The van der Waals surface area contributed by atoms with Crippen LogP contribution in [0.15, 0.2) is 29.3 Å². The molecule has 0 radical (unpaired) electrons. The minimum atomic E-state index is 0. The Kier molecular flexibility index (Phi) is 13.1. The standard InChI is InChI=1S/C18H31N3O.HI/c1-5-19-18(20-11-8-12-22-14-15(2)3)21-13-17-10-7-6-9-16(17)4;/h6-7,9-10,15H,5,8,11-14H2,1-4H3,(H2,19,20,21);1H. The molecule has 0 saturated carbocycles. The Morgan fingerprint density at radius 2 is 1.96 bits per heavy atom. The lowest BCUT2D eigenvalue weighted by atomic mass is 10.1. The van der Waals surface area contributed by atoms with Crippen LogP contribution in [0, 0.1) is 12.8 Å². The first kappa shape index (κ1) is 22.2. The van der Waals surface area contributed by atoms with E-state index in [0.29, 0.717) is 12.5 Å². The number of guanidine groups is 1. The summed E-state index contributed by atoms with van der Waals surface area (Å²) in [5, 5.41) is 6.64. The summed E-state index contributed by atoms with van der Waals surface area (Å²) >= 11 is 0. The summed E-state index contributed by atoms with van der Waals surface area (Å²) < 4.78 is 5.58. The summed E-state index contributed by atoms with van der Waals surface area (Å²) in [7, 11) is 0. The van der Waals surface area contributed by atoms with Crippen LogP contribution in [0.4, 0.5) is 0 Å². The fourth-order valence-electron chi connectivity index (χ4n) is 1.99. The molecular formula is C18H32IN3O. The Balaban J connectivity index is 0.00000484. The fraction of sp³-hybridized carbons (Fsp3) is 0.611. The van der Waals surface area contributed by atoms with Gasteiger partial charge in [0.2, 0.25) is 0 Å². The average molecular weight is 433 g/mol. The normalized spacial score (nSPS) is 11.3. The lowest BCUT2D eigenvalue weighted by molar-refractivity contribution is 0.108. The third kappa shape index (κ3) is 10.5. The van der Waals surface area contributed by atoms with Crippen molar-refractivity contribution in [2.75, 3.05) is 26.3 Å². The Hall–Kier alpha value is -0.820. The maximum Gasteiger partial charge on any atom is 0.191 e. The molecule has 0 unspecified atom stereocenters. The van der Waals surface area contributed by atoms with Crippen LogP contribution in [-0.4, -0.2) is 32.3 Å². The number of ether oxygens (including phenoxy) is 1. The van der Waals surface area contributed by atoms with Gasteiger partial charge in [0.05, 0.1) is 6.54 Å². The molecule has 0 aromatic heterocycles. The number of nitrogens with one attached hydrogen (secondary N) is 2. The van der Waals surface area contributed by atoms with Gasteiger partial charge in [0.1, 0.15) is 0 Å². The molecule has 0 atom stereocenters. The van der Waals surface area contributed by atoms with E-state index in [1.54, 1.807) is 0 Å². The lowest BCUT2D eigenvalue weighted by Gasteiger charge is -2.12. The van der Waals surface area contributed by atoms with Gasteiger partial charge < -0.3 is 15.4 Å². The van der Waals surface area contributed by atoms with Crippen LogP contribution in [0.25, 0.3) is 0 Å². The summed E-state index contributed by atoms with van der Waals surface area (Å²) in [5.74, 6) is 1.47. The summed E-state index contributed by atoms with van der Waals surface area (Å²) in [6, 6.07) is 8.37. The van der Waals surface area contributed by atoms with E-state index >= 15 is 0 Å². The maximum atomic E-state index is 5.58. The predicted octanol–water partition coefficient (Wildman–Crippen LogP) is 3.73. The number of aryl methyl sites for hydroxylation is 1. The van der Waals surface area contributed by atoms with E-state index < -0.39 is 0 Å². The number of benzene rings is 1. The molecule has 0 aliphatic heterocycles. The minimum Gasteiger partial charge on any atom is -0.381 e. The highest BCUT2D eigenvalue weighted by molar-refractivity contribution is 14.0. The highest BCUT2D eigenvalue weighted by atomic mass is 127. The molecule has 0 spiro atoms. The minimum absolute atomic E-state index is 0. The van der Waals surface area contributed by atoms with E-state index in [-0.39, 0.29) is 24.0 Å². The molecule has 0 aliphatic carbocycles. The molecule has 23 heavy (non-hydrogen) atoms. The zero-order chi connectivity index (χ0) is 16.2. The lowest BCUT2D eigenvalue weighted by Crippen LogP contribution is -2.38. The van der Waals surface area contributed by atoms with Crippen molar-refractivity contribution < 1.29 is 4.74 Å². The zero-order valence-corrected chi connectivity index (χ0v) is 17.2. The molecule has 4 nitrogen and oxygen atoms in total. The number of halogens is 1. The van der Waals surface area contributed by atoms with Crippen molar-refractivity contribution >= 4 is 29.9 Å². The molecule has 0 aliphatic rings. The molecular weight excluding hydrogens is 401 g/mol. The van der Waals surface area contributed by atoms with Crippen LogP contribution in [0.5, 0.6) is 0 Å². The molecule has 1 rings (SSSR count). The van der Waals surface area contributed by atoms with Crippen LogP contribution >= 0.6 is 24.0 Å². The molecule has 5 heteroatoms. The van der Waals surface area contributed by atoms with Crippen LogP contribution < -0.4 is 10.6 Å². The number of aliphatic imine (C=N–C) groups is 1. The molecule has 132 valence electrons. The van der Waals surface area contributed by atoms with Gasteiger partial charge in [-0.05, 0) is 37.3 Å². The van der Waals surface area contributed by atoms with Crippen molar-refractivity contribution in [1.29, 1.82) is 0 Å². The van der Waals surface area contributed by atoms with Gasteiger partial charge in [-0.2, -0.15) is 0 Å². The molecule has 0 fully saturated rings. The third-order valence-corrected chi connectivity index (χ3v) is 3.22. The summed E-state index contributed by atoms with van der Waals surface area (Å²) in [6.07, 6.45) is 0.988. The van der Waals surface area contributed by atoms with Gasteiger partial charge in [-0.15, -0.1) is 24.0 Å². The van der Waals surface area contributed by atoms with E-state index in [4.69, 9.17) is 4.74 Å². The molecule has 0 heterocycles. The first-order chi connectivity index (χ1) is 10.6. The average Bonchev–Trinajstić information content (AvgIpc) is 2.49. The second-order valence-corrected chi connectivity index (χ2v) is 5.87. The summed E-state index contributed by atoms with van der Waals surface area (Å²) in [4.78, 5) is 4.64. The number of hydrogen-bond acceptors (Lipinski definition) is 2. The number of hydrogen-bond donors (Lipinski definition) is 2. The largest absolute Gasteiger partial charge is 0.381 e. The van der Waals surface area contributed by atoms with E-state index in [0.717, 1.165) is 38.7 Å². The van der Waals surface area contributed by atoms with Gasteiger partial charge in [-0.3, -0.25) is 0 Å². The van der Waals surface area contributed by atoms with Crippen LogP contribution in [-0.2, 0) is 11.3 Å². The summed E-state index contributed by atoms with van der Waals surface area (Å²) in [6.45, 7) is 12.6. The van der Waals surface area contributed by atoms with Crippen molar-refractivity contribution in [3.8, 4) is 0 Å². The molecule has 1 aromatic carbocycles. The predicted molar refractivity (Wildman–Crippen MR) is 110 cm³/mol. The highest BCUT2D eigenvalue weighted by Crippen LogP contribution is 2.07. The molecule has 1 aromatic rings. The quantitative estimate of drug-likeness (QED) is 0.270. The van der Waals surface area contributed by atoms with E-state index in [1.165, 1.54) is 11.1 Å². The first-order valence-electron chi connectivity index (χ1n) is 8.28. The van der Waals surface area contributed by atoms with E-state index in [1.807, 2.05) is 0 Å². The Morgan fingerprint density at radius 1 is 1.22 bits per heavy atom. The molecule has 0 bridgehead atoms. The Bertz CT molecular complexity index is 450. The highest BCUT2D eigenvalue weighted by Gasteiger charge is 1.99. The van der Waals surface area contributed by atoms with Gasteiger partial charge in [-0.1, -0.05) is 38.1 Å². The number of rotatable bonds is 9. The van der Waals surface area contributed by atoms with Crippen molar-refractivity contribution in [3.05, 3.63) is 35.4 Å². The first-order valence-corrected chi connectivity index (χ1v) is 8.28. The second kappa shape index (κ2) is 13.6. The molecule has 0 saturated heterocycles. The molecule has 0 amide bonds. The van der Waals surface area contributed by atoms with E-state index in [9.17, 15) is 0 Å². The van der Waals surface area contributed by atoms with Crippen molar-refractivity contribution in [1.82, 2.24) is 10.6 Å². The van der Waals surface area contributed by atoms with Gasteiger partial charge in [0.25, 0.3) is 0 Å². The third-order valence-electron chi connectivity index (χ3n) is 3.22. The van der Waals surface area contributed by atoms with Crippen LogP contribution in [0.1, 0.15) is 38.3 Å².